The zero-order valence-corrected chi connectivity index (χ0v) is 11.9. The average Bonchev–Trinajstić information content (AvgIpc) is 2.23. The van der Waals surface area contributed by atoms with Gasteiger partial charge in [0.15, 0.2) is 0 Å². The van der Waals surface area contributed by atoms with E-state index in [1.807, 2.05) is 0 Å². The van der Waals surface area contributed by atoms with E-state index in [9.17, 15) is 14.3 Å². The minimum atomic E-state index is -0.807. The summed E-state index contributed by atoms with van der Waals surface area (Å²) in [6.45, 7) is 2.16. The van der Waals surface area contributed by atoms with Crippen LogP contribution in [0.2, 0.25) is 0 Å². The molecule has 1 atom stereocenters. The Morgan fingerprint density at radius 3 is 2.72 bits per heavy atom. The van der Waals surface area contributed by atoms with E-state index in [1.54, 1.807) is 24.9 Å². The molecule has 1 aromatic carbocycles. The van der Waals surface area contributed by atoms with Gasteiger partial charge in [0.1, 0.15) is 5.82 Å². The van der Waals surface area contributed by atoms with Gasteiger partial charge in [0, 0.05) is 18.1 Å². The number of carbonyl (C=O) groups is 1. The number of hydrogen-bond acceptors (Lipinski definition) is 3. The van der Waals surface area contributed by atoms with Crippen LogP contribution in [0.3, 0.4) is 0 Å². The summed E-state index contributed by atoms with van der Waals surface area (Å²) in [4.78, 5) is 13.0. The molecule has 1 aromatic rings. The van der Waals surface area contributed by atoms with Gasteiger partial charge >= 0.3 is 0 Å². The molecule has 0 radical (unpaired) electrons. The number of nitrogens with zero attached hydrogens (tertiary/aromatic N) is 1. The molecule has 1 unspecified atom stereocenters. The lowest BCUT2D eigenvalue weighted by Crippen LogP contribution is -2.26. The van der Waals surface area contributed by atoms with Crippen molar-refractivity contribution in [2.75, 3.05) is 18.5 Å². The highest BCUT2D eigenvalue weighted by atomic mass is 79.9. The van der Waals surface area contributed by atoms with Gasteiger partial charge in [0.2, 0.25) is 0 Å². The second-order valence-electron chi connectivity index (χ2n) is 4.21. The van der Waals surface area contributed by atoms with Crippen LogP contribution in [-0.2, 0) is 0 Å². The fraction of sp³-hybridized carbons (Fsp3) is 0.417. The fourth-order valence-corrected chi connectivity index (χ4v) is 2.02. The van der Waals surface area contributed by atoms with Gasteiger partial charge < -0.3 is 15.7 Å². The smallest absolute Gasteiger partial charge is 0.253 e. The summed E-state index contributed by atoms with van der Waals surface area (Å²) in [7, 11) is 1.72. The number of amides is 1. The van der Waals surface area contributed by atoms with Crippen LogP contribution in [0.4, 0.5) is 10.1 Å². The van der Waals surface area contributed by atoms with Crippen LogP contribution in [-0.4, -0.2) is 30.7 Å². The molecule has 6 heteroatoms. The molecule has 0 saturated heterocycles. The number of primary amides is 1. The van der Waals surface area contributed by atoms with E-state index in [1.165, 1.54) is 6.07 Å². The maximum atomic E-state index is 13.7. The predicted octanol–water partition coefficient (Wildman–Crippen LogP) is 1.89. The summed E-state index contributed by atoms with van der Waals surface area (Å²) < 4.78 is 14.2. The van der Waals surface area contributed by atoms with Crippen LogP contribution in [0.1, 0.15) is 23.7 Å². The van der Waals surface area contributed by atoms with E-state index < -0.39 is 17.8 Å². The Kier molecular flexibility index (Phi) is 5.10. The minimum absolute atomic E-state index is 0.133. The average molecular weight is 319 g/mol. The van der Waals surface area contributed by atoms with Crippen molar-refractivity contribution in [3.8, 4) is 0 Å². The SMILES string of the molecule is CC(O)CCN(C)c1cc(Br)cc(F)c1C(N)=O. The maximum absolute atomic E-state index is 13.7. The van der Waals surface area contributed by atoms with Gasteiger partial charge in [-0.05, 0) is 25.5 Å². The molecule has 0 heterocycles. The van der Waals surface area contributed by atoms with E-state index in [2.05, 4.69) is 15.9 Å². The molecular weight excluding hydrogens is 303 g/mol. The third-order valence-corrected chi connectivity index (χ3v) is 3.03. The molecule has 0 spiro atoms. The molecule has 1 amide bonds. The van der Waals surface area contributed by atoms with Crippen molar-refractivity contribution in [1.82, 2.24) is 0 Å². The summed E-state index contributed by atoms with van der Waals surface area (Å²) >= 11 is 3.18. The highest BCUT2D eigenvalue weighted by Crippen LogP contribution is 2.27. The number of aliphatic hydroxyl groups excluding tert-OH is 1. The third-order valence-electron chi connectivity index (χ3n) is 2.57. The molecule has 0 aliphatic heterocycles. The summed E-state index contributed by atoms with van der Waals surface area (Å²) in [5.74, 6) is -1.46. The molecule has 3 N–H and O–H groups in total. The van der Waals surface area contributed by atoms with Gasteiger partial charge in [0.05, 0.1) is 17.4 Å². The third kappa shape index (κ3) is 3.68. The van der Waals surface area contributed by atoms with Crippen molar-refractivity contribution in [1.29, 1.82) is 0 Å². The summed E-state index contributed by atoms with van der Waals surface area (Å²) in [5.41, 5.74) is 5.47. The Morgan fingerprint density at radius 2 is 2.22 bits per heavy atom. The second-order valence-corrected chi connectivity index (χ2v) is 5.12. The van der Waals surface area contributed by atoms with Gasteiger partial charge in [-0.2, -0.15) is 0 Å². The number of hydrogen-bond donors (Lipinski definition) is 2. The standard InChI is InChI=1S/C12H16BrFN2O2/c1-7(17)3-4-16(2)10-6-8(13)5-9(14)11(10)12(15)18/h5-7,17H,3-4H2,1-2H3,(H2,15,18). The van der Waals surface area contributed by atoms with Crippen LogP contribution in [0.15, 0.2) is 16.6 Å². The normalized spacial score (nSPS) is 12.3. The second kappa shape index (κ2) is 6.15. The Morgan fingerprint density at radius 1 is 1.61 bits per heavy atom. The first-order valence-corrected chi connectivity index (χ1v) is 6.30. The van der Waals surface area contributed by atoms with Crippen LogP contribution >= 0.6 is 15.9 Å². The van der Waals surface area contributed by atoms with Gasteiger partial charge in [-0.15, -0.1) is 0 Å². The first-order valence-electron chi connectivity index (χ1n) is 5.51. The Hall–Kier alpha value is -1.14. The van der Waals surface area contributed by atoms with Gasteiger partial charge in [-0.1, -0.05) is 15.9 Å². The summed E-state index contributed by atoms with van der Waals surface area (Å²) in [5, 5.41) is 9.23. The number of benzene rings is 1. The summed E-state index contributed by atoms with van der Waals surface area (Å²) in [6.07, 6.45) is 0.0597. The van der Waals surface area contributed by atoms with E-state index in [0.717, 1.165) is 0 Å². The Labute approximate surface area is 114 Å². The van der Waals surface area contributed by atoms with Crippen molar-refractivity contribution in [2.24, 2.45) is 5.73 Å². The molecule has 18 heavy (non-hydrogen) atoms. The molecule has 100 valence electrons. The predicted molar refractivity (Wildman–Crippen MR) is 72.2 cm³/mol. The molecular formula is C12H16BrFN2O2. The van der Waals surface area contributed by atoms with E-state index in [0.29, 0.717) is 23.1 Å². The number of nitrogens with two attached hydrogens (primary N) is 1. The molecule has 0 aliphatic rings. The van der Waals surface area contributed by atoms with Crippen LogP contribution in [0.5, 0.6) is 0 Å². The van der Waals surface area contributed by atoms with Crippen molar-refractivity contribution in [2.45, 2.75) is 19.4 Å². The van der Waals surface area contributed by atoms with Crippen molar-refractivity contribution in [3.05, 3.63) is 28.0 Å². The van der Waals surface area contributed by atoms with Crippen molar-refractivity contribution < 1.29 is 14.3 Å². The first-order chi connectivity index (χ1) is 8.32. The number of anilines is 1. The zero-order valence-electron chi connectivity index (χ0n) is 10.3. The van der Waals surface area contributed by atoms with Crippen LogP contribution in [0, 0.1) is 5.82 Å². The Bertz CT molecular complexity index is 452. The van der Waals surface area contributed by atoms with Gasteiger partial charge in [-0.25, -0.2) is 4.39 Å². The quantitative estimate of drug-likeness (QED) is 0.871. The Balaban J connectivity index is 3.09. The number of aliphatic hydroxyl groups is 1. The molecule has 0 aliphatic carbocycles. The van der Waals surface area contributed by atoms with E-state index in [4.69, 9.17) is 5.73 Å². The number of carbonyl (C=O) groups excluding carboxylic acids is 1. The maximum Gasteiger partial charge on any atom is 0.253 e. The topological polar surface area (TPSA) is 66.6 Å². The van der Waals surface area contributed by atoms with Gasteiger partial charge in [-0.3, -0.25) is 4.79 Å². The minimum Gasteiger partial charge on any atom is -0.393 e. The highest BCUT2D eigenvalue weighted by Gasteiger charge is 2.18. The largest absolute Gasteiger partial charge is 0.393 e. The van der Waals surface area contributed by atoms with Crippen LogP contribution < -0.4 is 10.6 Å². The molecule has 0 fully saturated rings. The highest BCUT2D eigenvalue weighted by molar-refractivity contribution is 9.10. The summed E-state index contributed by atoms with van der Waals surface area (Å²) in [6, 6.07) is 2.83. The van der Waals surface area contributed by atoms with Crippen molar-refractivity contribution in [3.63, 3.8) is 0 Å². The molecule has 4 nitrogen and oxygen atoms in total. The molecule has 0 bridgehead atoms. The number of rotatable bonds is 5. The lowest BCUT2D eigenvalue weighted by Gasteiger charge is -2.22. The van der Waals surface area contributed by atoms with E-state index >= 15 is 0 Å². The zero-order chi connectivity index (χ0) is 13.9. The molecule has 0 aromatic heterocycles. The lowest BCUT2D eigenvalue weighted by molar-refractivity contribution is 0.0997. The van der Waals surface area contributed by atoms with Crippen LogP contribution in [0.25, 0.3) is 0 Å². The fourth-order valence-electron chi connectivity index (χ4n) is 1.61. The monoisotopic (exact) mass is 318 g/mol. The number of halogens is 2. The van der Waals surface area contributed by atoms with Gasteiger partial charge in [0.25, 0.3) is 5.91 Å². The first kappa shape index (κ1) is 14.9. The lowest BCUT2D eigenvalue weighted by atomic mass is 10.1. The van der Waals surface area contributed by atoms with Crippen molar-refractivity contribution >= 4 is 27.5 Å². The molecule has 0 saturated carbocycles. The molecule has 1 rings (SSSR count). The van der Waals surface area contributed by atoms with E-state index in [-0.39, 0.29) is 5.56 Å².